The summed E-state index contributed by atoms with van der Waals surface area (Å²) in [5.41, 5.74) is 4.81. The summed E-state index contributed by atoms with van der Waals surface area (Å²) in [6.07, 6.45) is 3.68. The van der Waals surface area contributed by atoms with E-state index in [9.17, 15) is 0 Å². The molecule has 0 aliphatic rings. The molecule has 0 radical (unpaired) electrons. The number of hydrogen-bond donors (Lipinski definition) is 2. The number of aryl methyl sites for hydroxylation is 1. The molecule has 5 nitrogen and oxygen atoms in total. The maximum absolute atomic E-state index is 4.37. The first kappa shape index (κ1) is 21.1. The van der Waals surface area contributed by atoms with Crippen LogP contribution in [0.15, 0.2) is 73.1 Å². The van der Waals surface area contributed by atoms with Crippen molar-refractivity contribution in [3.63, 3.8) is 0 Å². The lowest BCUT2D eigenvalue weighted by molar-refractivity contribution is 0.263. The average molecular weight is 390 g/mol. The van der Waals surface area contributed by atoms with Gasteiger partial charge in [0.15, 0.2) is 0 Å². The molecule has 0 aliphatic carbocycles. The van der Waals surface area contributed by atoms with E-state index in [-0.39, 0.29) is 0 Å². The van der Waals surface area contributed by atoms with Gasteiger partial charge in [-0.2, -0.15) is 0 Å². The van der Waals surface area contributed by atoms with Gasteiger partial charge in [-0.25, -0.2) is 0 Å². The summed E-state index contributed by atoms with van der Waals surface area (Å²) in [5.74, 6) is 0. The van der Waals surface area contributed by atoms with Crippen LogP contribution in [0.3, 0.4) is 0 Å². The molecule has 3 rings (SSSR count). The number of nitrogens with zero attached hydrogens (tertiary/aromatic N) is 3. The predicted octanol–water partition coefficient (Wildman–Crippen LogP) is 3.17. The molecule has 0 unspecified atom stereocenters. The summed E-state index contributed by atoms with van der Waals surface area (Å²) in [6.45, 7) is 8.54. The zero-order valence-corrected chi connectivity index (χ0v) is 17.2. The monoisotopic (exact) mass is 389 g/mol. The largest absolute Gasteiger partial charge is 0.310 e. The lowest BCUT2D eigenvalue weighted by Gasteiger charge is -2.23. The van der Waals surface area contributed by atoms with Gasteiger partial charge < -0.3 is 10.6 Å². The summed E-state index contributed by atoms with van der Waals surface area (Å²) in [4.78, 5) is 11.2. The first-order valence-electron chi connectivity index (χ1n) is 10.3. The normalized spacial score (nSPS) is 11.1. The molecule has 152 valence electrons. The van der Waals surface area contributed by atoms with Gasteiger partial charge in [0.1, 0.15) is 0 Å². The summed E-state index contributed by atoms with van der Waals surface area (Å²) in [6, 6.07) is 20.9. The zero-order valence-electron chi connectivity index (χ0n) is 17.2. The third kappa shape index (κ3) is 8.11. The molecule has 0 saturated heterocycles. The van der Waals surface area contributed by atoms with Crippen LogP contribution in [0.1, 0.15) is 22.5 Å². The van der Waals surface area contributed by atoms with Gasteiger partial charge >= 0.3 is 0 Å². The Morgan fingerprint density at radius 1 is 0.724 bits per heavy atom. The molecule has 3 aromatic rings. The molecule has 2 heterocycles. The Labute approximate surface area is 174 Å². The van der Waals surface area contributed by atoms with E-state index in [1.807, 2.05) is 36.7 Å². The maximum atomic E-state index is 4.37. The van der Waals surface area contributed by atoms with E-state index in [1.54, 1.807) is 0 Å². The van der Waals surface area contributed by atoms with Crippen LogP contribution < -0.4 is 10.6 Å². The van der Waals surface area contributed by atoms with Gasteiger partial charge in [0.2, 0.25) is 0 Å². The minimum Gasteiger partial charge on any atom is -0.310 e. The Kier molecular flexibility index (Phi) is 8.79. The van der Waals surface area contributed by atoms with Gasteiger partial charge in [-0.1, -0.05) is 42.0 Å². The van der Waals surface area contributed by atoms with Gasteiger partial charge in [0, 0.05) is 58.2 Å². The average Bonchev–Trinajstić information content (AvgIpc) is 2.77. The highest BCUT2D eigenvalue weighted by Crippen LogP contribution is 2.06. The van der Waals surface area contributed by atoms with Gasteiger partial charge in [0.05, 0.1) is 11.4 Å². The van der Waals surface area contributed by atoms with Crippen LogP contribution in [0.5, 0.6) is 0 Å². The van der Waals surface area contributed by atoms with Crippen molar-refractivity contribution < 1.29 is 0 Å². The molecule has 0 saturated carbocycles. The van der Waals surface area contributed by atoms with Gasteiger partial charge in [0.25, 0.3) is 0 Å². The van der Waals surface area contributed by atoms with Crippen LogP contribution in [0.4, 0.5) is 0 Å². The number of aromatic nitrogens is 2. The van der Waals surface area contributed by atoms with Gasteiger partial charge in [-0.05, 0) is 36.8 Å². The maximum Gasteiger partial charge on any atom is 0.0541 e. The molecule has 2 N–H and O–H groups in total. The molecular formula is C24H31N5. The fourth-order valence-corrected chi connectivity index (χ4v) is 3.13. The van der Waals surface area contributed by atoms with Crippen molar-refractivity contribution in [1.29, 1.82) is 0 Å². The van der Waals surface area contributed by atoms with E-state index < -0.39 is 0 Å². The first-order valence-corrected chi connectivity index (χ1v) is 10.3. The van der Waals surface area contributed by atoms with Crippen molar-refractivity contribution in [2.24, 2.45) is 0 Å². The highest BCUT2D eigenvalue weighted by atomic mass is 15.1. The second kappa shape index (κ2) is 12.1. The van der Waals surface area contributed by atoms with Crippen molar-refractivity contribution >= 4 is 0 Å². The highest BCUT2D eigenvalue weighted by molar-refractivity contribution is 5.21. The Bertz CT molecular complexity index is 758. The third-order valence-corrected chi connectivity index (χ3v) is 4.80. The smallest absolute Gasteiger partial charge is 0.0541 e. The number of nitrogens with one attached hydrogen (secondary N) is 2. The molecule has 0 amide bonds. The topological polar surface area (TPSA) is 53.1 Å². The third-order valence-electron chi connectivity index (χ3n) is 4.80. The second-order valence-electron chi connectivity index (χ2n) is 7.26. The Hall–Kier alpha value is -2.60. The lowest BCUT2D eigenvalue weighted by atomic mass is 10.1. The van der Waals surface area contributed by atoms with Gasteiger partial charge in [-0.15, -0.1) is 0 Å². The molecule has 1 aromatic carbocycles. The van der Waals surface area contributed by atoms with E-state index in [1.165, 1.54) is 11.1 Å². The SMILES string of the molecule is Cc1ccc(CN(CCNCc2ccccn2)CCNCc2ccccn2)cc1. The minimum atomic E-state index is 0.803. The number of rotatable bonds is 12. The standard InChI is InChI=1S/C24H31N5/c1-21-8-10-22(11-9-21)20-29(16-14-25-18-23-6-2-4-12-27-23)17-15-26-19-24-7-3-5-13-28-24/h2-13,25-26H,14-20H2,1H3. The summed E-state index contributed by atoms with van der Waals surface area (Å²) >= 11 is 0. The Morgan fingerprint density at radius 2 is 1.28 bits per heavy atom. The van der Waals surface area contributed by atoms with E-state index in [0.29, 0.717) is 0 Å². The van der Waals surface area contributed by atoms with Crippen molar-refractivity contribution in [3.8, 4) is 0 Å². The molecule has 0 atom stereocenters. The van der Waals surface area contributed by atoms with Crippen LogP contribution in [-0.2, 0) is 19.6 Å². The van der Waals surface area contributed by atoms with Crippen LogP contribution in [-0.4, -0.2) is 41.0 Å². The van der Waals surface area contributed by atoms with Crippen LogP contribution in [0.25, 0.3) is 0 Å². The second-order valence-corrected chi connectivity index (χ2v) is 7.26. The van der Waals surface area contributed by atoms with Crippen LogP contribution in [0, 0.1) is 6.92 Å². The molecule has 2 aromatic heterocycles. The van der Waals surface area contributed by atoms with E-state index in [2.05, 4.69) is 68.8 Å². The van der Waals surface area contributed by atoms with E-state index >= 15 is 0 Å². The van der Waals surface area contributed by atoms with Gasteiger partial charge in [-0.3, -0.25) is 14.9 Å². The molecule has 0 spiro atoms. The number of hydrogen-bond acceptors (Lipinski definition) is 5. The Morgan fingerprint density at radius 3 is 1.76 bits per heavy atom. The molecule has 0 bridgehead atoms. The van der Waals surface area contributed by atoms with E-state index in [4.69, 9.17) is 0 Å². The predicted molar refractivity (Wildman–Crippen MR) is 118 cm³/mol. The van der Waals surface area contributed by atoms with Crippen molar-refractivity contribution in [2.75, 3.05) is 26.2 Å². The fraction of sp³-hybridized carbons (Fsp3) is 0.333. The number of pyridine rings is 2. The zero-order chi connectivity index (χ0) is 20.2. The quantitative estimate of drug-likeness (QED) is 0.466. The van der Waals surface area contributed by atoms with E-state index in [0.717, 1.165) is 57.2 Å². The first-order chi connectivity index (χ1) is 14.3. The van der Waals surface area contributed by atoms with Crippen molar-refractivity contribution in [1.82, 2.24) is 25.5 Å². The Balaban J connectivity index is 1.45. The van der Waals surface area contributed by atoms with Crippen LogP contribution in [0.2, 0.25) is 0 Å². The fourth-order valence-electron chi connectivity index (χ4n) is 3.13. The van der Waals surface area contributed by atoms with Crippen molar-refractivity contribution in [2.45, 2.75) is 26.6 Å². The molecule has 0 fully saturated rings. The highest BCUT2D eigenvalue weighted by Gasteiger charge is 2.06. The molecule has 5 heteroatoms. The molecule has 0 aliphatic heterocycles. The summed E-state index contributed by atoms with van der Waals surface area (Å²) < 4.78 is 0. The van der Waals surface area contributed by atoms with Crippen LogP contribution >= 0.6 is 0 Å². The molecule has 29 heavy (non-hydrogen) atoms. The van der Waals surface area contributed by atoms with Crippen molar-refractivity contribution in [3.05, 3.63) is 95.6 Å². The summed E-state index contributed by atoms with van der Waals surface area (Å²) in [7, 11) is 0. The molecular weight excluding hydrogens is 358 g/mol. The minimum absolute atomic E-state index is 0.803. The summed E-state index contributed by atoms with van der Waals surface area (Å²) in [5, 5.41) is 7.02. The number of benzene rings is 1. The lowest BCUT2D eigenvalue weighted by Crippen LogP contribution is -2.36.